The fourth-order valence-electron chi connectivity index (χ4n) is 6.82. The lowest BCUT2D eigenvalue weighted by Gasteiger charge is -2.09. The van der Waals surface area contributed by atoms with Crippen LogP contribution in [0, 0.1) is 6.92 Å². The zero-order chi connectivity index (χ0) is 64.6. The molecule has 530 valence electrons. The molecule has 1 N–H and O–H groups in total. The number of aryl methyl sites for hydroxylation is 1. The maximum absolute atomic E-state index is 12.2. The van der Waals surface area contributed by atoms with Gasteiger partial charge in [0.1, 0.15) is 0 Å². The average Bonchev–Trinajstić information content (AvgIpc) is 2.52. The average molecular weight is 1310 g/mol. The largest absolute Gasteiger partial charge is 0.379 e. The van der Waals surface area contributed by atoms with Gasteiger partial charge in [-0.2, -0.15) is 0 Å². The second-order valence-electron chi connectivity index (χ2n) is 18.8. The van der Waals surface area contributed by atoms with Crippen LogP contribution in [0.3, 0.4) is 0 Å². The Bertz CT molecular complexity index is 1770. The molecule has 0 radical (unpaired) electrons. The Labute approximate surface area is 539 Å². The number of benzene rings is 1. The van der Waals surface area contributed by atoms with Gasteiger partial charge in [0.25, 0.3) is 0 Å². The summed E-state index contributed by atoms with van der Waals surface area (Å²) in [7, 11) is 0. The molecule has 0 atom stereocenters. The molecular weight excluding hydrogens is 1200 g/mol. The summed E-state index contributed by atoms with van der Waals surface area (Å²) in [5.74, 6) is 0.872. The summed E-state index contributed by atoms with van der Waals surface area (Å²) >= 11 is 0. The fourth-order valence-corrected chi connectivity index (χ4v) is 6.82. The number of carbonyl (C=O) groups excluding carboxylic acids is 1. The first kappa shape index (κ1) is 83.8. The zero-order valence-corrected chi connectivity index (χ0v) is 54.7. The molecule has 30 nitrogen and oxygen atoms in total. The summed E-state index contributed by atoms with van der Waals surface area (Å²) in [6.07, 6.45) is 0.261. The maximum Gasteiger partial charge on any atom is 0.222 e. The predicted molar refractivity (Wildman–Crippen MR) is 330 cm³/mol. The van der Waals surface area contributed by atoms with Crippen LogP contribution in [0.1, 0.15) is 24.7 Å². The summed E-state index contributed by atoms with van der Waals surface area (Å²) in [6.45, 7) is 27.5. The van der Waals surface area contributed by atoms with E-state index in [9.17, 15) is 4.79 Å². The number of amides is 1. The van der Waals surface area contributed by atoms with Gasteiger partial charge in [0.15, 0.2) is 5.82 Å². The summed E-state index contributed by atoms with van der Waals surface area (Å²) < 4.78 is 132. The highest BCUT2D eigenvalue weighted by Crippen LogP contribution is 2.14. The van der Waals surface area contributed by atoms with Crippen LogP contribution in [0.25, 0.3) is 11.4 Å². The second-order valence-corrected chi connectivity index (χ2v) is 18.8. The van der Waals surface area contributed by atoms with Gasteiger partial charge in [0.2, 0.25) is 11.7 Å². The van der Waals surface area contributed by atoms with E-state index in [1.807, 2.05) is 31.2 Å². The Morgan fingerprint density at radius 2 is 0.462 bits per heavy atom. The number of hydrogen-bond donors (Lipinski definition) is 1. The van der Waals surface area contributed by atoms with Crippen LogP contribution >= 0.6 is 0 Å². The van der Waals surface area contributed by atoms with E-state index in [1.54, 1.807) is 6.92 Å². The Balaban J connectivity index is 1.10. The van der Waals surface area contributed by atoms with E-state index in [-0.39, 0.29) is 12.3 Å². The van der Waals surface area contributed by atoms with Crippen molar-refractivity contribution in [2.24, 2.45) is 0 Å². The number of ether oxygens (including phenoxy) is 24. The van der Waals surface area contributed by atoms with Gasteiger partial charge in [0, 0.05) is 25.1 Å². The molecule has 1 heterocycles. The molecule has 0 aliphatic carbocycles. The highest BCUT2D eigenvalue weighted by Gasteiger charge is 2.07. The lowest BCUT2D eigenvalue weighted by molar-refractivity contribution is -0.122. The number of rotatable bonds is 76. The quantitative estimate of drug-likeness (QED) is 0.0921. The number of aromatic nitrogens is 4. The number of nitrogens with zero attached hydrogens (tertiary/aromatic N) is 4. The molecule has 0 saturated carbocycles. The molecule has 91 heavy (non-hydrogen) atoms. The molecule has 0 fully saturated rings. The summed E-state index contributed by atoms with van der Waals surface area (Å²) in [5, 5.41) is 18.8. The zero-order valence-electron chi connectivity index (χ0n) is 54.7. The Morgan fingerprint density at radius 3 is 0.659 bits per heavy atom. The molecular formula is C61H111N5O25. The van der Waals surface area contributed by atoms with Gasteiger partial charge < -0.3 is 119 Å². The molecule has 0 unspecified atom stereocenters. The first-order valence-electron chi connectivity index (χ1n) is 31.9. The van der Waals surface area contributed by atoms with Crippen molar-refractivity contribution in [2.45, 2.75) is 26.8 Å². The third-order valence-corrected chi connectivity index (χ3v) is 11.5. The molecule has 0 aliphatic rings. The summed E-state index contributed by atoms with van der Waals surface area (Å²) in [6, 6.07) is 7.55. The number of carbonyl (C=O) groups is 1. The monoisotopic (exact) mass is 1310 g/mol. The molecule has 0 spiro atoms. The van der Waals surface area contributed by atoms with Crippen molar-refractivity contribution in [1.82, 2.24) is 25.7 Å². The first-order chi connectivity index (χ1) is 45.2. The van der Waals surface area contributed by atoms with Crippen molar-refractivity contribution in [2.75, 3.05) is 317 Å². The van der Waals surface area contributed by atoms with Crippen LogP contribution < -0.4 is 5.32 Å². The van der Waals surface area contributed by atoms with Crippen molar-refractivity contribution in [1.29, 1.82) is 0 Å². The molecule has 0 aliphatic heterocycles. The summed E-state index contributed by atoms with van der Waals surface area (Å²) in [5.41, 5.74) is 1.76. The van der Waals surface area contributed by atoms with E-state index < -0.39 is 0 Å². The van der Waals surface area contributed by atoms with Crippen LogP contribution in [-0.4, -0.2) is 343 Å². The van der Waals surface area contributed by atoms with Gasteiger partial charge >= 0.3 is 0 Å². The third-order valence-electron chi connectivity index (χ3n) is 11.5. The van der Waals surface area contributed by atoms with E-state index in [1.165, 1.54) is 0 Å². The van der Waals surface area contributed by atoms with E-state index in [2.05, 4.69) is 25.7 Å². The van der Waals surface area contributed by atoms with E-state index in [4.69, 9.17) is 114 Å². The highest BCUT2D eigenvalue weighted by atomic mass is 16.6. The molecule has 2 aromatic rings. The molecule has 1 amide bonds. The van der Waals surface area contributed by atoms with Crippen LogP contribution in [0.5, 0.6) is 0 Å². The first-order valence-corrected chi connectivity index (χ1v) is 31.9. The lowest BCUT2D eigenvalue weighted by Crippen LogP contribution is -2.24. The Morgan fingerprint density at radius 1 is 0.275 bits per heavy atom. The van der Waals surface area contributed by atoms with Crippen molar-refractivity contribution in [3.8, 4) is 11.4 Å². The molecule has 2 rings (SSSR count). The van der Waals surface area contributed by atoms with Gasteiger partial charge in [0.05, 0.1) is 311 Å². The topological polar surface area (TPSA) is 302 Å². The Hall–Kier alpha value is -3.33. The number of nitrogens with one attached hydrogen (secondary N) is 1. The van der Waals surface area contributed by atoms with Gasteiger partial charge in [-0.25, -0.2) is 0 Å². The molecule has 1 aromatic carbocycles. The minimum Gasteiger partial charge on any atom is -0.379 e. The van der Waals surface area contributed by atoms with Gasteiger partial charge in [-0.1, -0.05) is 24.3 Å². The van der Waals surface area contributed by atoms with E-state index in [0.717, 1.165) is 11.1 Å². The van der Waals surface area contributed by atoms with Crippen LogP contribution in [0.15, 0.2) is 24.3 Å². The van der Waals surface area contributed by atoms with E-state index in [0.29, 0.717) is 335 Å². The maximum atomic E-state index is 12.2. The predicted octanol–water partition coefficient (Wildman–Crippen LogP) is 1.67. The fraction of sp³-hybridized carbons (Fsp3) is 0.852. The van der Waals surface area contributed by atoms with Crippen molar-refractivity contribution < 1.29 is 118 Å². The molecule has 0 bridgehead atoms. The number of hydrogen-bond acceptors (Lipinski definition) is 29. The normalized spacial score (nSPS) is 11.6. The summed E-state index contributed by atoms with van der Waals surface area (Å²) in [4.78, 5) is 12.2. The van der Waals surface area contributed by atoms with Crippen LogP contribution in [0.2, 0.25) is 0 Å². The SMILES string of the molecule is CCOCCOCCOCCOCCOCCOCCOCCOCCOCCOCCOCCOCCOCCOCCOCCOCCOCCOCCOCCOCCOCCOCCOCCOCCC(=O)NCc1ccc(-c2nnc(C)nn2)cc1. The standard InChI is InChI=1S/C61H111N5O25/c1-3-68-10-11-70-14-15-72-18-19-74-22-23-76-26-27-78-30-31-80-34-35-82-38-39-84-42-43-86-46-47-88-50-51-90-54-55-91-53-52-89-49-48-87-45-44-85-41-40-83-37-36-81-33-32-79-29-28-77-25-24-75-21-20-73-17-16-71-13-12-69-9-8-60(67)62-56-58-4-6-59(7-5-58)61-65-63-57(2)64-66-61/h4-7H,3,8-56H2,1-2H3,(H,62,67). The minimum atomic E-state index is -0.0929. The Kier molecular flexibility index (Phi) is 65.3. The van der Waals surface area contributed by atoms with Crippen molar-refractivity contribution in [3.63, 3.8) is 0 Å². The third kappa shape index (κ3) is 62.5. The van der Waals surface area contributed by atoms with Crippen LogP contribution in [0.4, 0.5) is 0 Å². The molecule has 0 saturated heterocycles. The van der Waals surface area contributed by atoms with Gasteiger partial charge in [-0.15, -0.1) is 20.4 Å². The minimum absolute atomic E-state index is 0.0929. The molecule has 1 aromatic heterocycles. The van der Waals surface area contributed by atoms with Gasteiger partial charge in [-0.05, 0) is 19.4 Å². The lowest BCUT2D eigenvalue weighted by atomic mass is 10.1. The van der Waals surface area contributed by atoms with E-state index >= 15 is 0 Å². The second kappa shape index (κ2) is 71.0. The van der Waals surface area contributed by atoms with Gasteiger partial charge in [-0.3, -0.25) is 4.79 Å². The van der Waals surface area contributed by atoms with Crippen molar-refractivity contribution >= 4 is 5.91 Å². The highest BCUT2D eigenvalue weighted by molar-refractivity contribution is 5.76. The van der Waals surface area contributed by atoms with Crippen LogP contribution in [-0.2, 0) is 125 Å². The van der Waals surface area contributed by atoms with Crippen molar-refractivity contribution in [3.05, 3.63) is 35.7 Å². The molecule has 30 heteroatoms. The smallest absolute Gasteiger partial charge is 0.222 e.